The van der Waals surface area contributed by atoms with Gasteiger partial charge in [0.1, 0.15) is 11.5 Å². The number of fused-ring (bicyclic) bond motifs is 1. The van der Waals surface area contributed by atoms with Crippen molar-refractivity contribution in [2.24, 2.45) is 5.41 Å². The number of aromatic nitrogens is 2. The highest BCUT2D eigenvalue weighted by molar-refractivity contribution is 6.36. The quantitative estimate of drug-likeness (QED) is 0.117. The molecule has 0 bridgehead atoms. The number of halogens is 1. The van der Waals surface area contributed by atoms with Crippen molar-refractivity contribution in [3.8, 4) is 45.5 Å². The average molecular weight is 763 g/mol. The maximum absolute atomic E-state index is 12.8. The molecule has 12 heteroatoms. The molecule has 3 N–H and O–H groups in total. The van der Waals surface area contributed by atoms with Gasteiger partial charge in [0, 0.05) is 91.6 Å². The normalized spacial score (nSPS) is 17.8. The van der Waals surface area contributed by atoms with Gasteiger partial charge in [-0.05, 0) is 49.9 Å². The van der Waals surface area contributed by atoms with Gasteiger partial charge in [0.05, 0.1) is 54.2 Å². The van der Waals surface area contributed by atoms with Crippen molar-refractivity contribution in [3.63, 3.8) is 0 Å². The molecule has 1 saturated carbocycles. The van der Waals surface area contributed by atoms with Gasteiger partial charge in [0.2, 0.25) is 17.7 Å². The number of hydrogen-bond acceptors (Lipinski definition) is 8. The first-order valence-corrected chi connectivity index (χ1v) is 19.3. The van der Waals surface area contributed by atoms with Gasteiger partial charge >= 0.3 is 0 Å². The largest absolute Gasteiger partial charge is 0.496 e. The molecule has 4 heterocycles. The third kappa shape index (κ3) is 7.36. The Kier molecular flexibility index (Phi) is 10.2. The van der Waals surface area contributed by atoms with Gasteiger partial charge in [-0.2, -0.15) is 0 Å². The zero-order valence-corrected chi connectivity index (χ0v) is 32.5. The van der Waals surface area contributed by atoms with Crippen LogP contribution in [0.25, 0.3) is 39.0 Å². The summed E-state index contributed by atoms with van der Waals surface area (Å²) >= 11 is 7.23. The number of amides is 2. The Morgan fingerprint density at radius 1 is 0.945 bits per heavy atom. The summed E-state index contributed by atoms with van der Waals surface area (Å²) in [6.07, 6.45) is 5.64. The number of pyridine rings is 1. The van der Waals surface area contributed by atoms with Gasteiger partial charge < -0.3 is 34.7 Å². The van der Waals surface area contributed by atoms with Gasteiger partial charge in [-0.15, -0.1) is 0 Å². The Balaban J connectivity index is 1.04. The fourth-order valence-electron chi connectivity index (χ4n) is 7.98. The molecule has 3 aromatic carbocycles. The van der Waals surface area contributed by atoms with E-state index in [0.29, 0.717) is 61.8 Å². The maximum atomic E-state index is 12.8. The summed E-state index contributed by atoms with van der Waals surface area (Å²) in [5.41, 5.74) is 6.81. The van der Waals surface area contributed by atoms with E-state index in [2.05, 4.69) is 49.8 Å². The van der Waals surface area contributed by atoms with E-state index in [0.717, 1.165) is 75.2 Å². The molecule has 3 fully saturated rings. The Bertz CT molecular complexity index is 2240. The number of benzene rings is 3. The predicted octanol–water partition coefficient (Wildman–Crippen LogP) is 6.51. The lowest BCUT2D eigenvalue weighted by Crippen LogP contribution is -2.61. The Morgan fingerprint density at radius 2 is 1.67 bits per heavy atom. The van der Waals surface area contributed by atoms with Crippen molar-refractivity contribution >= 4 is 34.3 Å². The van der Waals surface area contributed by atoms with E-state index in [4.69, 9.17) is 30.8 Å². The van der Waals surface area contributed by atoms with Crippen molar-refractivity contribution in [2.45, 2.75) is 57.8 Å². The van der Waals surface area contributed by atoms with Crippen LogP contribution in [0, 0.1) is 5.41 Å². The van der Waals surface area contributed by atoms with Crippen LogP contribution < -0.4 is 30.2 Å². The molecule has 1 aliphatic carbocycles. The third-order valence-electron chi connectivity index (χ3n) is 11.1. The Hall–Kier alpha value is -5.10. The molecule has 0 spiro atoms. The number of hydrogen-bond donors (Lipinski definition) is 3. The van der Waals surface area contributed by atoms with Crippen LogP contribution in [0.5, 0.6) is 17.4 Å². The van der Waals surface area contributed by atoms with Crippen molar-refractivity contribution in [3.05, 3.63) is 89.1 Å². The molecule has 11 nitrogen and oxygen atoms in total. The van der Waals surface area contributed by atoms with Crippen LogP contribution in [0.15, 0.2) is 72.9 Å². The maximum Gasteiger partial charge on any atom is 0.228 e. The van der Waals surface area contributed by atoms with Gasteiger partial charge in [0.25, 0.3) is 0 Å². The van der Waals surface area contributed by atoms with Crippen molar-refractivity contribution in [1.82, 2.24) is 30.4 Å². The van der Waals surface area contributed by atoms with Crippen LogP contribution in [0.2, 0.25) is 5.02 Å². The van der Waals surface area contributed by atoms with Crippen molar-refractivity contribution < 1.29 is 23.8 Å². The summed E-state index contributed by atoms with van der Waals surface area (Å²) in [5, 5.41) is 11.2. The summed E-state index contributed by atoms with van der Waals surface area (Å²) in [6.45, 7) is 5.28. The molecule has 5 aromatic rings. The Morgan fingerprint density at radius 3 is 2.36 bits per heavy atom. The summed E-state index contributed by atoms with van der Waals surface area (Å²) in [4.78, 5) is 31.5. The first kappa shape index (κ1) is 36.9. The summed E-state index contributed by atoms with van der Waals surface area (Å²) in [7, 11) is 4.98. The number of methoxy groups -OCH3 is 3. The van der Waals surface area contributed by atoms with Gasteiger partial charge in [-0.1, -0.05) is 48.0 Å². The smallest absolute Gasteiger partial charge is 0.228 e. The minimum Gasteiger partial charge on any atom is -0.496 e. The monoisotopic (exact) mass is 762 g/mol. The zero-order chi connectivity index (χ0) is 38.3. The van der Waals surface area contributed by atoms with E-state index in [1.165, 1.54) is 0 Å². The van der Waals surface area contributed by atoms with Crippen LogP contribution in [0.4, 0.5) is 0 Å². The van der Waals surface area contributed by atoms with Gasteiger partial charge in [-0.3, -0.25) is 14.5 Å². The van der Waals surface area contributed by atoms with Crippen LogP contribution in [-0.2, 0) is 22.7 Å². The van der Waals surface area contributed by atoms with Crippen LogP contribution in [-0.4, -0.2) is 79.3 Å². The van der Waals surface area contributed by atoms with E-state index in [1.54, 1.807) is 21.3 Å². The van der Waals surface area contributed by atoms with Crippen molar-refractivity contribution in [1.29, 1.82) is 0 Å². The highest BCUT2D eigenvalue weighted by Crippen LogP contribution is 2.42. The number of likely N-dealkylation sites (tertiary alicyclic amines) is 1. The number of ether oxygens (including phenoxy) is 3. The molecular weight excluding hydrogens is 716 g/mol. The topological polar surface area (TPSA) is 119 Å². The van der Waals surface area contributed by atoms with E-state index in [9.17, 15) is 9.59 Å². The van der Waals surface area contributed by atoms with Gasteiger partial charge in [-0.25, -0.2) is 4.98 Å². The molecule has 0 unspecified atom stereocenters. The first-order chi connectivity index (χ1) is 26.7. The van der Waals surface area contributed by atoms with Crippen molar-refractivity contribution in [2.75, 3.05) is 41.0 Å². The number of rotatable bonds is 14. The summed E-state index contributed by atoms with van der Waals surface area (Å²) < 4.78 is 19.7. The molecule has 0 radical (unpaired) electrons. The minimum absolute atomic E-state index is 0.105. The SMILES string of the molecule is COc1cc(-n2ccc3c(-c4cccc(-c5ccc(CNC[C@@H]6CCC(=O)N6)c(OC)n5)c4Cl)cccc32)cc(OC)c1CN1CC(C)(C(=O)NC2CC2)C1. The lowest BCUT2D eigenvalue weighted by Gasteiger charge is -2.47. The van der Waals surface area contributed by atoms with Crippen LogP contribution in [0.3, 0.4) is 0 Å². The van der Waals surface area contributed by atoms with Gasteiger partial charge in [0.15, 0.2) is 0 Å². The summed E-state index contributed by atoms with van der Waals surface area (Å²) in [5.74, 6) is 2.24. The highest BCUT2D eigenvalue weighted by atomic mass is 35.5. The zero-order valence-electron chi connectivity index (χ0n) is 31.7. The Labute approximate surface area is 326 Å². The number of nitrogens with zero attached hydrogens (tertiary/aromatic N) is 3. The minimum atomic E-state index is -0.379. The number of carbonyl (C=O) groups is 2. The third-order valence-corrected chi connectivity index (χ3v) is 11.5. The van der Waals surface area contributed by atoms with E-state index in [1.807, 2.05) is 55.5 Å². The lowest BCUT2D eigenvalue weighted by molar-refractivity contribution is -0.140. The standard InChI is InChI=1S/C43H47ClN6O5/c1-43(42(52)47-27-12-13-27)24-49(25-43)23-34-37(53-2)19-29(20-38(34)54-3)50-18-17-31-30(7-6-10-36(31)50)32-8-5-9-33(40(32)44)35-15-11-26(41(48-35)55-4)21-45-22-28-14-16-39(51)46-28/h5-11,15,17-20,27-28,45H,12-14,16,21-25H2,1-4H3,(H,46,51)(H,47,52)/t28-/m0/s1. The van der Waals surface area contributed by atoms with E-state index in [-0.39, 0.29) is 23.3 Å². The second-order valence-corrected chi connectivity index (χ2v) is 15.6. The molecule has 2 aliphatic heterocycles. The number of nitrogens with one attached hydrogen (secondary N) is 3. The second-order valence-electron chi connectivity index (χ2n) is 15.2. The van der Waals surface area contributed by atoms with E-state index >= 15 is 0 Å². The van der Waals surface area contributed by atoms with Crippen LogP contribution in [0.1, 0.15) is 43.7 Å². The summed E-state index contributed by atoms with van der Waals surface area (Å²) in [6, 6.07) is 22.9. The fourth-order valence-corrected chi connectivity index (χ4v) is 8.30. The average Bonchev–Trinajstić information content (AvgIpc) is 3.73. The molecule has 3 aliphatic rings. The highest BCUT2D eigenvalue weighted by Gasteiger charge is 2.46. The first-order valence-electron chi connectivity index (χ1n) is 18.9. The molecule has 1 atom stereocenters. The molecule has 286 valence electrons. The predicted molar refractivity (Wildman–Crippen MR) is 214 cm³/mol. The molecule has 2 aromatic heterocycles. The second kappa shape index (κ2) is 15.2. The fraction of sp³-hybridized carbons (Fsp3) is 0.372. The lowest BCUT2D eigenvalue weighted by atomic mass is 9.80. The molecule has 2 saturated heterocycles. The molecule has 55 heavy (non-hydrogen) atoms. The van der Waals surface area contributed by atoms with E-state index < -0.39 is 0 Å². The van der Waals surface area contributed by atoms with Crippen LogP contribution >= 0.6 is 11.6 Å². The molecule has 8 rings (SSSR count). The number of carbonyl (C=O) groups excluding carboxylic acids is 2. The molecule has 2 amide bonds. The molecular formula is C43H47ClN6O5.